The summed E-state index contributed by atoms with van der Waals surface area (Å²) < 4.78 is 10.9. The van der Waals surface area contributed by atoms with E-state index < -0.39 is 6.09 Å². The molecule has 1 aromatic heterocycles. The second-order valence-electron chi connectivity index (χ2n) is 6.68. The van der Waals surface area contributed by atoms with Crippen molar-refractivity contribution in [2.75, 3.05) is 23.4 Å². The Bertz CT molecular complexity index is 1020. The van der Waals surface area contributed by atoms with E-state index in [1.807, 2.05) is 42.5 Å². The van der Waals surface area contributed by atoms with Gasteiger partial charge in [-0.1, -0.05) is 48.5 Å². The quantitative estimate of drug-likeness (QED) is 0.351. The van der Waals surface area contributed by atoms with Crippen molar-refractivity contribution in [2.24, 2.45) is 0 Å². The molecule has 31 heavy (non-hydrogen) atoms. The summed E-state index contributed by atoms with van der Waals surface area (Å²) in [5.74, 6) is 0.343. The maximum atomic E-state index is 11.8. The molecule has 0 radical (unpaired) electrons. The van der Waals surface area contributed by atoms with Gasteiger partial charge in [0.2, 0.25) is 5.95 Å². The van der Waals surface area contributed by atoms with Gasteiger partial charge in [0.25, 0.3) is 0 Å². The molecule has 8 heteroatoms. The highest BCUT2D eigenvalue weighted by Gasteiger charge is 2.14. The third-order valence-electron chi connectivity index (χ3n) is 4.35. The van der Waals surface area contributed by atoms with E-state index in [1.54, 1.807) is 18.2 Å². The van der Waals surface area contributed by atoms with Crippen LogP contribution >= 0.6 is 0 Å². The van der Waals surface area contributed by atoms with E-state index >= 15 is 0 Å². The van der Waals surface area contributed by atoms with E-state index in [4.69, 9.17) is 20.9 Å². The minimum atomic E-state index is -0.528. The largest absolute Gasteiger partial charge is 0.449 e. The average molecular weight is 419 g/mol. The molecule has 5 N–H and O–H groups in total. The smallest absolute Gasteiger partial charge is 0.411 e. The number of hydrogen-bond donors (Lipinski definition) is 3. The number of nitrogen functional groups attached to an aromatic ring is 2. The maximum Gasteiger partial charge on any atom is 0.411 e. The van der Waals surface area contributed by atoms with Crippen LogP contribution in [0.3, 0.4) is 0 Å². The standard InChI is InChI=1S/C23H25N5O3/c1-2-3-13-31-23(29)26-18-11-9-17(10-12-18)20-19(27-22(25)28-21(20)24)15-30-14-16-7-5-4-6-8-16/h2,4-12H,1,3,13-15H2,(H,26,29)(H4,24,25,27,28). The van der Waals surface area contributed by atoms with E-state index in [0.29, 0.717) is 30.0 Å². The minimum Gasteiger partial charge on any atom is -0.449 e. The summed E-state index contributed by atoms with van der Waals surface area (Å²) in [6.45, 7) is 4.51. The molecule has 0 unspecified atom stereocenters. The van der Waals surface area contributed by atoms with Crippen LogP contribution in [0.15, 0.2) is 67.3 Å². The highest BCUT2D eigenvalue weighted by atomic mass is 16.5. The van der Waals surface area contributed by atoms with Crippen LogP contribution in [0.25, 0.3) is 11.1 Å². The Hall–Kier alpha value is -3.91. The van der Waals surface area contributed by atoms with Crippen LogP contribution in [0, 0.1) is 0 Å². The highest BCUT2D eigenvalue weighted by Crippen LogP contribution is 2.30. The number of nitrogens with one attached hydrogen (secondary N) is 1. The lowest BCUT2D eigenvalue weighted by Gasteiger charge is -2.13. The van der Waals surface area contributed by atoms with Crippen LogP contribution in [0.2, 0.25) is 0 Å². The lowest BCUT2D eigenvalue weighted by atomic mass is 10.0. The lowest BCUT2D eigenvalue weighted by molar-refractivity contribution is 0.105. The third-order valence-corrected chi connectivity index (χ3v) is 4.35. The number of ether oxygens (including phenoxy) is 2. The summed E-state index contributed by atoms with van der Waals surface area (Å²) in [5.41, 5.74) is 15.6. The monoisotopic (exact) mass is 419 g/mol. The van der Waals surface area contributed by atoms with Crippen molar-refractivity contribution in [3.05, 3.63) is 78.5 Å². The number of nitrogens with zero attached hydrogens (tertiary/aromatic N) is 2. The fourth-order valence-corrected chi connectivity index (χ4v) is 2.91. The number of nitrogens with two attached hydrogens (primary N) is 2. The Morgan fingerprint density at radius 3 is 2.48 bits per heavy atom. The molecule has 3 aromatic rings. The Kier molecular flexibility index (Phi) is 7.56. The fourth-order valence-electron chi connectivity index (χ4n) is 2.91. The van der Waals surface area contributed by atoms with Crippen molar-refractivity contribution in [3.63, 3.8) is 0 Å². The van der Waals surface area contributed by atoms with Crippen LogP contribution in [0.4, 0.5) is 22.2 Å². The molecule has 0 bridgehead atoms. The number of rotatable bonds is 9. The molecule has 160 valence electrons. The molecule has 3 rings (SSSR count). The molecular weight excluding hydrogens is 394 g/mol. The third kappa shape index (κ3) is 6.28. The van der Waals surface area contributed by atoms with Crippen molar-refractivity contribution in [1.82, 2.24) is 9.97 Å². The van der Waals surface area contributed by atoms with E-state index in [0.717, 1.165) is 11.1 Å². The van der Waals surface area contributed by atoms with E-state index in [1.165, 1.54) is 0 Å². The van der Waals surface area contributed by atoms with E-state index in [9.17, 15) is 4.79 Å². The van der Waals surface area contributed by atoms with Gasteiger partial charge >= 0.3 is 6.09 Å². The molecule has 0 fully saturated rings. The van der Waals surface area contributed by atoms with Gasteiger partial charge in [-0.2, -0.15) is 4.98 Å². The molecular formula is C23H25N5O3. The molecule has 1 amide bonds. The summed E-state index contributed by atoms with van der Waals surface area (Å²) in [4.78, 5) is 20.2. The molecule has 0 saturated heterocycles. The van der Waals surface area contributed by atoms with Gasteiger partial charge in [0.15, 0.2) is 0 Å². The first-order chi connectivity index (χ1) is 15.1. The molecule has 2 aromatic carbocycles. The van der Waals surface area contributed by atoms with Gasteiger partial charge in [-0.15, -0.1) is 6.58 Å². The van der Waals surface area contributed by atoms with Crippen molar-refractivity contribution in [2.45, 2.75) is 19.6 Å². The second kappa shape index (κ2) is 10.7. The molecule has 0 aliphatic carbocycles. The van der Waals surface area contributed by atoms with Gasteiger partial charge in [-0.25, -0.2) is 9.78 Å². The molecule has 8 nitrogen and oxygen atoms in total. The molecule has 0 aliphatic heterocycles. The van der Waals surface area contributed by atoms with E-state index in [-0.39, 0.29) is 25.0 Å². The Balaban J connectivity index is 1.72. The van der Waals surface area contributed by atoms with Crippen molar-refractivity contribution < 1.29 is 14.3 Å². The zero-order valence-corrected chi connectivity index (χ0v) is 17.1. The molecule has 0 aliphatic rings. The van der Waals surface area contributed by atoms with Crippen LogP contribution in [0.1, 0.15) is 17.7 Å². The second-order valence-corrected chi connectivity index (χ2v) is 6.68. The highest BCUT2D eigenvalue weighted by molar-refractivity contribution is 5.85. The average Bonchev–Trinajstić information content (AvgIpc) is 2.75. The SMILES string of the molecule is C=CCCOC(=O)Nc1ccc(-c2c(N)nc(N)nc2COCc2ccccc2)cc1. The van der Waals surface area contributed by atoms with Gasteiger partial charge in [-0.05, 0) is 29.7 Å². The first-order valence-electron chi connectivity index (χ1n) is 9.75. The summed E-state index contributed by atoms with van der Waals surface area (Å²) in [6, 6.07) is 16.9. The lowest BCUT2D eigenvalue weighted by Crippen LogP contribution is -2.14. The number of amides is 1. The zero-order chi connectivity index (χ0) is 22.1. The van der Waals surface area contributed by atoms with Crippen LogP contribution in [-0.2, 0) is 22.7 Å². The van der Waals surface area contributed by atoms with Gasteiger partial charge in [-0.3, -0.25) is 5.32 Å². The summed E-state index contributed by atoms with van der Waals surface area (Å²) >= 11 is 0. The van der Waals surface area contributed by atoms with Gasteiger partial charge in [0, 0.05) is 11.3 Å². The molecule has 0 atom stereocenters. The summed E-state index contributed by atoms with van der Waals surface area (Å²) in [7, 11) is 0. The van der Waals surface area contributed by atoms with Crippen molar-refractivity contribution in [1.29, 1.82) is 0 Å². The van der Waals surface area contributed by atoms with Gasteiger partial charge in [0.05, 0.1) is 25.5 Å². The minimum absolute atomic E-state index is 0.0834. The number of hydrogen-bond acceptors (Lipinski definition) is 7. The number of carbonyl (C=O) groups excluding carboxylic acids is 1. The number of anilines is 3. The Morgan fingerprint density at radius 2 is 1.77 bits per heavy atom. The van der Waals surface area contributed by atoms with Crippen LogP contribution in [0.5, 0.6) is 0 Å². The Labute approximate surface area is 180 Å². The van der Waals surface area contributed by atoms with Crippen molar-refractivity contribution in [3.8, 4) is 11.1 Å². The molecule has 0 spiro atoms. The first kappa shape index (κ1) is 21.8. The predicted molar refractivity (Wildman–Crippen MR) is 121 cm³/mol. The fraction of sp³-hybridized carbons (Fsp3) is 0.174. The number of aromatic nitrogens is 2. The molecule has 0 saturated carbocycles. The Morgan fingerprint density at radius 1 is 1.03 bits per heavy atom. The van der Waals surface area contributed by atoms with Crippen molar-refractivity contribution >= 4 is 23.5 Å². The van der Waals surface area contributed by atoms with Crippen LogP contribution < -0.4 is 16.8 Å². The van der Waals surface area contributed by atoms with Gasteiger partial charge < -0.3 is 20.9 Å². The maximum absolute atomic E-state index is 11.8. The van der Waals surface area contributed by atoms with E-state index in [2.05, 4.69) is 21.9 Å². The molecule has 1 heterocycles. The normalized spacial score (nSPS) is 10.5. The van der Waals surface area contributed by atoms with Gasteiger partial charge in [0.1, 0.15) is 5.82 Å². The van der Waals surface area contributed by atoms with Crippen LogP contribution in [-0.4, -0.2) is 22.7 Å². The first-order valence-corrected chi connectivity index (χ1v) is 9.75. The number of carbonyl (C=O) groups is 1. The number of benzene rings is 2. The zero-order valence-electron chi connectivity index (χ0n) is 17.1. The topological polar surface area (TPSA) is 125 Å². The predicted octanol–water partition coefficient (Wildman–Crippen LogP) is 4.15. The summed E-state index contributed by atoms with van der Waals surface area (Å²) in [5, 5.41) is 2.67. The summed E-state index contributed by atoms with van der Waals surface area (Å²) in [6.07, 6.45) is 1.75.